The third-order valence-corrected chi connectivity index (χ3v) is 2.43. The van der Waals surface area contributed by atoms with E-state index in [1.807, 2.05) is 0 Å². The zero-order valence-electron chi connectivity index (χ0n) is 10.5. The molecular weight excluding hydrogens is 263 g/mol. The van der Waals surface area contributed by atoms with Gasteiger partial charge >= 0.3 is 6.18 Å². The van der Waals surface area contributed by atoms with Crippen LogP contribution >= 0.6 is 0 Å². The first-order valence-electron chi connectivity index (χ1n) is 5.43. The van der Waals surface area contributed by atoms with Crippen molar-refractivity contribution in [1.82, 2.24) is 4.90 Å². The van der Waals surface area contributed by atoms with Crippen LogP contribution in [0, 0.1) is 10.1 Å². The van der Waals surface area contributed by atoms with Crippen molar-refractivity contribution in [2.45, 2.75) is 12.7 Å². The molecule has 0 fully saturated rings. The molecule has 1 N–H and O–H groups in total. The highest BCUT2D eigenvalue weighted by atomic mass is 19.4. The molecule has 0 radical (unpaired) electrons. The van der Waals surface area contributed by atoms with Crippen LogP contribution in [-0.2, 0) is 6.54 Å². The number of alkyl halides is 3. The van der Waals surface area contributed by atoms with Gasteiger partial charge in [-0.3, -0.25) is 15.0 Å². The van der Waals surface area contributed by atoms with Crippen molar-refractivity contribution in [2.24, 2.45) is 0 Å². The summed E-state index contributed by atoms with van der Waals surface area (Å²) < 4.78 is 36.5. The first kappa shape index (κ1) is 15.2. The zero-order valence-corrected chi connectivity index (χ0v) is 10.5. The van der Waals surface area contributed by atoms with E-state index in [4.69, 9.17) is 0 Å². The topological polar surface area (TPSA) is 58.4 Å². The number of rotatable bonds is 5. The van der Waals surface area contributed by atoms with Gasteiger partial charge < -0.3 is 5.32 Å². The van der Waals surface area contributed by atoms with E-state index in [2.05, 4.69) is 5.32 Å². The predicted octanol–water partition coefficient (Wildman–Crippen LogP) is 2.63. The van der Waals surface area contributed by atoms with Gasteiger partial charge in [0.05, 0.1) is 11.5 Å². The first-order chi connectivity index (χ1) is 8.73. The minimum Gasteiger partial charge on any atom is -0.383 e. The lowest BCUT2D eigenvalue weighted by atomic mass is 10.1. The summed E-state index contributed by atoms with van der Waals surface area (Å²) in [6, 6.07) is 4.32. The summed E-state index contributed by atoms with van der Waals surface area (Å²) in [7, 11) is 2.85. The quantitative estimate of drug-likeness (QED) is 0.664. The summed E-state index contributed by atoms with van der Waals surface area (Å²) >= 11 is 0. The number of benzene rings is 1. The Balaban J connectivity index is 2.85. The van der Waals surface area contributed by atoms with E-state index in [9.17, 15) is 23.3 Å². The molecular formula is C11H14F3N3O2. The molecule has 0 saturated heterocycles. The lowest BCUT2D eigenvalue weighted by molar-refractivity contribution is -0.384. The highest BCUT2D eigenvalue weighted by Crippen LogP contribution is 2.26. The summed E-state index contributed by atoms with van der Waals surface area (Å²) in [5, 5.41) is 13.5. The van der Waals surface area contributed by atoms with Crippen LogP contribution in [-0.4, -0.2) is 36.6 Å². The SMILES string of the molecule is CNc1ccc(CN(C)CC(F)(F)F)cc1[N+](=O)[O-]. The van der Waals surface area contributed by atoms with Gasteiger partial charge in [0.2, 0.25) is 0 Å². The van der Waals surface area contributed by atoms with Gasteiger partial charge in [0.15, 0.2) is 0 Å². The molecule has 0 unspecified atom stereocenters. The van der Waals surface area contributed by atoms with Crippen molar-refractivity contribution in [2.75, 3.05) is 26.0 Å². The third kappa shape index (κ3) is 4.74. The molecule has 8 heteroatoms. The summed E-state index contributed by atoms with van der Waals surface area (Å²) in [6.07, 6.45) is -4.29. The number of nitrogens with zero attached hydrogens (tertiary/aromatic N) is 2. The highest BCUT2D eigenvalue weighted by Gasteiger charge is 2.29. The van der Waals surface area contributed by atoms with E-state index in [0.717, 1.165) is 4.90 Å². The van der Waals surface area contributed by atoms with Crippen molar-refractivity contribution in [1.29, 1.82) is 0 Å². The maximum absolute atomic E-state index is 12.2. The van der Waals surface area contributed by atoms with E-state index in [-0.39, 0.29) is 12.2 Å². The molecule has 19 heavy (non-hydrogen) atoms. The molecule has 0 aromatic heterocycles. The zero-order chi connectivity index (χ0) is 14.6. The van der Waals surface area contributed by atoms with Crippen LogP contribution in [0.25, 0.3) is 0 Å². The fraction of sp³-hybridized carbons (Fsp3) is 0.455. The van der Waals surface area contributed by atoms with Crippen molar-refractivity contribution >= 4 is 11.4 Å². The number of hydrogen-bond donors (Lipinski definition) is 1. The Bertz CT molecular complexity index is 463. The normalized spacial score (nSPS) is 11.7. The Morgan fingerprint density at radius 1 is 1.42 bits per heavy atom. The van der Waals surface area contributed by atoms with Gasteiger partial charge in [-0.25, -0.2) is 0 Å². The molecule has 0 aliphatic heterocycles. The molecule has 1 aromatic carbocycles. The lowest BCUT2D eigenvalue weighted by Gasteiger charge is -2.18. The molecule has 0 heterocycles. The van der Waals surface area contributed by atoms with Gasteiger partial charge in [-0.2, -0.15) is 13.2 Å². The summed E-state index contributed by atoms with van der Waals surface area (Å²) in [5.41, 5.74) is 0.630. The Kier molecular flexibility index (Phi) is 4.71. The third-order valence-electron chi connectivity index (χ3n) is 2.43. The van der Waals surface area contributed by atoms with Gasteiger partial charge in [0.1, 0.15) is 5.69 Å². The van der Waals surface area contributed by atoms with Crippen LogP contribution in [0.5, 0.6) is 0 Å². The molecule has 1 aromatic rings. The molecule has 0 saturated carbocycles. The van der Waals surface area contributed by atoms with Crippen molar-refractivity contribution in [3.05, 3.63) is 33.9 Å². The second kappa shape index (κ2) is 5.87. The molecule has 0 spiro atoms. The van der Waals surface area contributed by atoms with Gasteiger partial charge in [0, 0.05) is 19.7 Å². The van der Waals surface area contributed by atoms with Crippen LogP contribution in [0.3, 0.4) is 0 Å². The van der Waals surface area contributed by atoms with Crippen LogP contribution in [0.4, 0.5) is 24.5 Å². The summed E-state index contributed by atoms with van der Waals surface area (Å²) in [4.78, 5) is 11.3. The fourth-order valence-corrected chi connectivity index (χ4v) is 1.71. The monoisotopic (exact) mass is 277 g/mol. The minimum atomic E-state index is -4.29. The molecule has 0 aliphatic rings. The Labute approximate surface area is 108 Å². The van der Waals surface area contributed by atoms with Crippen LogP contribution < -0.4 is 5.32 Å². The maximum atomic E-state index is 12.2. The average Bonchev–Trinajstić information content (AvgIpc) is 2.26. The molecule has 1 rings (SSSR count). The molecule has 106 valence electrons. The molecule has 0 aliphatic carbocycles. The van der Waals surface area contributed by atoms with Gasteiger partial charge in [-0.15, -0.1) is 0 Å². The van der Waals surface area contributed by atoms with Crippen LogP contribution in [0.2, 0.25) is 0 Å². The van der Waals surface area contributed by atoms with E-state index < -0.39 is 17.6 Å². The Morgan fingerprint density at radius 3 is 2.53 bits per heavy atom. The number of nitrogens with one attached hydrogen (secondary N) is 1. The highest BCUT2D eigenvalue weighted by molar-refractivity contribution is 5.62. The second-order valence-corrected chi connectivity index (χ2v) is 4.15. The largest absolute Gasteiger partial charge is 0.401 e. The molecule has 0 amide bonds. The number of nitro benzene ring substituents is 1. The van der Waals surface area contributed by atoms with Crippen LogP contribution in [0.1, 0.15) is 5.56 Å². The number of anilines is 1. The van der Waals surface area contributed by atoms with Gasteiger partial charge in [0.25, 0.3) is 5.69 Å². The molecule has 5 nitrogen and oxygen atoms in total. The average molecular weight is 277 g/mol. The maximum Gasteiger partial charge on any atom is 0.401 e. The van der Waals surface area contributed by atoms with Crippen molar-refractivity contribution < 1.29 is 18.1 Å². The standard InChI is InChI=1S/C11H14F3N3O2/c1-15-9-4-3-8(5-10(9)17(18)19)6-16(2)7-11(12,13)14/h3-5,15H,6-7H2,1-2H3. The number of hydrogen-bond acceptors (Lipinski definition) is 4. The molecule has 0 atom stereocenters. The summed E-state index contributed by atoms with van der Waals surface area (Å²) in [5.74, 6) is 0. The first-order valence-corrected chi connectivity index (χ1v) is 5.43. The van der Waals surface area contributed by atoms with E-state index in [1.165, 1.54) is 26.2 Å². The van der Waals surface area contributed by atoms with E-state index in [1.54, 1.807) is 6.07 Å². The van der Waals surface area contributed by atoms with Gasteiger partial charge in [-0.1, -0.05) is 6.07 Å². The van der Waals surface area contributed by atoms with Crippen molar-refractivity contribution in [3.8, 4) is 0 Å². The Morgan fingerprint density at radius 2 is 2.05 bits per heavy atom. The summed E-state index contributed by atoms with van der Waals surface area (Å²) in [6.45, 7) is -1.07. The fourth-order valence-electron chi connectivity index (χ4n) is 1.71. The van der Waals surface area contributed by atoms with E-state index >= 15 is 0 Å². The predicted molar refractivity (Wildman–Crippen MR) is 65.0 cm³/mol. The van der Waals surface area contributed by atoms with Crippen molar-refractivity contribution in [3.63, 3.8) is 0 Å². The molecule has 0 bridgehead atoms. The lowest BCUT2D eigenvalue weighted by Crippen LogP contribution is -2.30. The number of nitro groups is 1. The Hall–Kier alpha value is -1.83. The number of halogens is 3. The minimum absolute atomic E-state index is 0.00958. The van der Waals surface area contributed by atoms with Crippen LogP contribution in [0.15, 0.2) is 18.2 Å². The smallest absolute Gasteiger partial charge is 0.383 e. The van der Waals surface area contributed by atoms with E-state index in [0.29, 0.717) is 11.3 Å². The second-order valence-electron chi connectivity index (χ2n) is 4.15. The van der Waals surface area contributed by atoms with Gasteiger partial charge in [-0.05, 0) is 18.7 Å².